The number of ketones is 1. The van der Waals surface area contributed by atoms with Crippen LogP contribution in [-0.2, 0) is 20.7 Å². The van der Waals surface area contributed by atoms with Gasteiger partial charge in [0.1, 0.15) is 18.3 Å². The minimum absolute atomic E-state index is 0.0305. The van der Waals surface area contributed by atoms with Crippen molar-refractivity contribution in [3.8, 4) is 0 Å². The van der Waals surface area contributed by atoms with E-state index in [0.717, 1.165) is 86.9 Å². The van der Waals surface area contributed by atoms with Crippen molar-refractivity contribution in [2.24, 2.45) is 58.2 Å². The molecule has 0 aliphatic heterocycles. The average molecular weight is 687 g/mol. The number of esters is 1. The lowest BCUT2D eigenvalue weighted by Crippen LogP contribution is -2.51. The van der Waals surface area contributed by atoms with E-state index in [-0.39, 0.29) is 35.6 Å². The molecule has 0 N–H and O–H groups in total. The number of Topliss-reactive ketones (excluding diaryl/α,β-unsaturated/α-hetero) is 1. The van der Waals surface area contributed by atoms with Crippen LogP contribution in [0.1, 0.15) is 170 Å². The Hall–Kier alpha value is -1.90. The topological polar surface area (TPSA) is 43.4 Å². The van der Waals surface area contributed by atoms with Crippen LogP contribution in [0.25, 0.3) is 0 Å². The molecule has 0 saturated heterocycles. The van der Waals surface area contributed by atoms with Gasteiger partial charge in [-0.15, -0.1) is 0 Å². The van der Waals surface area contributed by atoms with Gasteiger partial charge in [0.25, 0.3) is 0 Å². The molecular weight excluding hydrogens is 613 g/mol. The first-order chi connectivity index (χ1) is 24.0. The van der Waals surface area contributed by atoms with E-state index in [0.29, 0.717) is 11.3 Å². The predicted molar refractivity (Wildman–Crippen MR) is 209 cm³/mol. The van der Waals surface area contributed by atoms with Crippen LogP contribution in [0.4, 0.5) is 0 Å². The van der Waals surface area contributed by atoms with Crippen LogP contribution in [0.5, 0.6) is 0 Å². The number of ether oxygens (including phenoxy) is 1. The first kappa shape index (κ1) is 39.3. The summed E-state index contributed by atoms with van der Waals surface area (Å²) in [5.41, 5.74) is 3.72. The minimum Gasteiger partial charge on any atom is -0.462 e. The van der Waals surface area contributed by atoms with Gasteiger partial charge in [0.15, 0.2) is 0 Å². The van der Waals surface area contributed by atoms with E-state index in [1.54, 1.807) is 5.57 Å². The summed E-state index contributed by atoms with van der Waals surface area (Å²) in [6.07, 6.45) is 23.8. The molecule has 0 spiro atoms. The van der Waals surface area contributed by atoms with Crippen molar-refractivity contribution >= 4 is 11.8 Å². The third-order valence-electron chi connectivity index (χ3n) is 15.3. The highest BCUT2D eigenvalue weighted by Crippen LogP contribution is 2.67. The number of fused-ring (bicyclic) bond motifs is 5. The molecule has 1 aromatic rings. The zero-order chi connectivity index (χ0) is 35.9. The molecule has 0 bridgehead atoms. The second-order valence-corrected chi connectivity index (χ2v) is 18.6. The summed E-state index contributed by atoms with van der Waals surface area (Å²) in [6, 6.07) is 10.8. The fourth-order valence-corrected chi connectivity index (χ4v) is 12.1. The molecular formula is C47H74O3. The number of carbonyl (C=O) groups excluding carboxylic acids is 2. The highest BCUT2D eigenvalue weighted by atomic mass is 16.5. The monoisotopic (exact) mass is 687 g/mol. The fourth-order valence-electron chi connectivity index (χ4n) is 12.1. The lowest BCUT2D eigenvalue weighted by molar-refractivity contribution is -0.153. The quantitative estimate of drug-likeness (QED) is 0.0877. The molecule has 3 saturated carbocycles. The zero-order valence-corrected chi connectivity index (χ0v) is 33.3. The summed E-state index contributed by atoms with van der Waals surface area (Å²) in [5.74, 6) is 5.46. The van der Waals surface area contributed by atoms with Crippen molar-refractivity contribution in [3.63, 3.8) is 0 Å². The number of rotatable bonds is 18. The van der Waals surface area contributed by atoms with Gasteiger partial charge >= 0.3 is 5.97 Å². The smallest absolute Gasteiger partial charge is 0.313 e. The third-order valence-corrected chi connectivity index (χ3v) is 15.3. The van der Waals surface area contributed by atoms with Crippen molar-refractivity contribution in [1.82, 2.24) is 0 Å². The van der Waals surface area contributed by atoms with Crippen molar-refractivity contribution in [3.05, 3.63) is 47.5 Å². The van der Waals surface area contributed by atoms with Gasteiger partial charge in [0.05, 0.1) is 0 Å². The van der Waals surface area contributed by atoms with Gasteiger partial charge in [-0.25, -0.2) is 0 Å². The van der Waals surface area contributed by atoms with Crippen molar-refractivity contribution in [2.45, 2.75) is 177 Å². The number of allylic oxidation sites excluding steroid dienone is 1. The molecule has 0 amide bonds. The van der Waals surface area contributed by atoms with Crippen molar-refractivity contribution in [1.29, 1.82) is 0 Å². The molecule has 0 radical (unpaired) electrons. The maximum atomic E-state index is 13.3. The highest BCUT2D eigenvalue weighted by Gasteiger charge is 2.59. The summed E-state index contributed by atoms with van der Waals surface area (Å²) in [5, 5.41) is 0. The lowest BCUT2D eigenvalue weighted by atomic mass is 9.47. The Balaban J connectivity index is 1.08. The van der Waals surface area contributed by atoms with Gasteiger partial charge in [0, 0.05) is 12.3 Å². The fraction of sp³-hybridized carbons (Fsp3) is 0.787. The van der Waals surface area contributed by atoms with Gasteiger partial charge in [-0.1, -0.05) is 129 Å². The molecule has 5 rings (SSSR count). The van der Waals surface area contributed by atoms with Gasteiger partial charge in [-0.2, -0.15) is 0 Å². The molecule has 10 atom stereocenters. The third kappa shape index (κ3) is 9.17. The van der Waals surface area contributed by atoms with Gasteiger partial charge in [0.2, 0.25) is 0 Å². The second-order valence-electron chi connectivity index (χ2n) is 18.6. The number of hydrogen-bond acceptors (Lipinski definition) is 3. The molecule has 0 heterocycles. The number of hydrogen-bond donors (Lipinski definition) is 0. The molecule has 4 aliphatic carbocycles. The average Bonchev–Trinajstić information content (AvgIpc) is 3.45. The molecule has 1 aromatic carbocycles. The van der Waals surface area contributed by atoms with E-state index in [1.165, 1.54) is 69.8 Å². The normalized spacial score (nSPS) is 32.3. The molecule has 280 valence electrons. The van der Waals surface area contributed by atoms with Crippen LogP contribution < -0.4 is 0 Å². The van der Waals surface area contributed by atoms with E-state index < -0.39 is 0 Å². The predicted octanol–water partition coefficient (Wildman–Crippen LogP) is 12.8. The molecule has 3 heteroatoms. The second kappa shape index (κ2) is 17.7. The standard InChI is InChI=1S/C47H74O3/c1-8-35(21-22-36-17-11-10-12-18-36)19-14-20-37(9-2)44(48)32-45(49)50-39-27-29-46(6)38(31-39)23-24-40-42-26-25-41(34(5)16-13-15-33(3)4)47(42,7)30-28-43(40)46/h10-12,17-18,23,33-35,37,39-43H,8-9,13-16,19-22,24-32H2,1-7H3/t34-,35+,37+,39-,40+,41-,42+,43+,46+,47-/m1/s1. The Bertz CT molecular complexity index is 1260. The summed E-state index contributed by atoms with van der Waals surface area (Å²) in [7, 11) is 0. The SMILES string of the molecule is CC[C@@H](CCC[C@H](CC)C(=O)CC(=O)O[C@@H]1CC[C@@]2(C)C(=CC[C@H]3[C@@H]4CC[C@H]([C@H](C)CCCC(C)C)[C@@]4(C)CC[C@@H]32)C1)CCc1ccccc1. The Morgan fingerprint density at radius 2 is 1.60 bits per heavy atom. The first-order valence-corrected chi connectivity index (χ1v) is 21.4. The largest absolute Gasteiger partial charge is 0.462 e. The van der Waals surface area contributed by atoms with E-state index >= 15 is 0 Å². The van der Waals surface area contributed by atoms with Crippen LogP contribution in [0.2, 0.25) is 0 Å². The van der Waals surface area contributed by atoms with Crippen LogP contribution in [-0.4, -0.2) is 17.9 Å². The summed E-state index contributed by atoms with van der Waals surface area (Å²) < 4.78 is 6.09. The lowest BCUT2D eigenvalue weighted by Gasteiger charge is -2.58. The summed E-state index contributed by atoms with van der Waals surface area (Å²) >= 11 is 0. The molecule has 3 fully saturated rings. The number of carbonyl (C=O) groups is 2. The Morgan fingerprint density at radius 3 is 2.32 bits per heavy atom. The molecule has 3 nitrogen and oxygen atoms in total. The minimum atomic E-state index is -0.293. The van der Waals surface area contributed by atoms with Gasteiger partial charge in [-0.05, 0) is 128 Å². The summed E-state index contributed by atoms with van der Waals surface area (Å²) in [4.78, 5) is 26.4. The van der Waals surface area contributed by atoms with E-state index in [4.69, 9.17) is 4.74 Å². The Kier molecular flexibility index (Phi) is 14.0. The molecule has 4 aliphatic rings. The zero-order valence-electron chi connectivity index (χ0n) is 33.3. The molecule has 50 heavy (non-hydrogen) atoms. The van der Waals surface area contributed by atoms with Crippen molar-refractivity contribution < 1.29 is 14.3 Å². The van der Waals surface area contributed by atoms with E-state index in [2.05, 4.69) is 84.9 Å². The number of aryl methyl sites for hydroxylation is 1. The Morgan fingerprint density at radius 1 is 0.840 bits per heavy atom. The van der Waals surface area contributed by atoms with E-state index in [9.17, 15) is 9.59 Å². The maximum absolute atomic E-state index is 13.3. The van der Waals surface area contributed by atoms with Crippen LogP contribution in [0.3, 0.4) is 0 Å². The van der Waals surface area contributed by atoms with Crippen LogP contribution in [0, 0.1) is 58.2 Å². The molecule has 0 unspecified atom stereocenters. The van der Waals surface area contributed by atoms with Crippen LogP contribution >= 0.6 is 0 Å². The Labute approximate surface area is 307 Å². The maximum Gasteiger partial charge on any atom is 0.313 e. The first-order valence-electron chi connectivity index (χ1n) is 21.4. The number of benzene rings is 1. The van der Waals surface area contributed by atoms with Gasteiger partial charge < -0.3 is 4.74 Å². The van der Waals surface area contributed by atoms with Crippen LogP contribution in [0.15, 0.2) is 42.0 Å². The van der Waals surface area contributed by atoms with Gasteiger partial charge in [-0.3, -0.25) is 9.59 Å². The summed E-state index contributed by atoms with van der Waals surface area (Å²) in [6.45, 7) is 16.9. The van der Waals surface area contributed by atoms with Crippen molar-refractivity contribution in [2.75, 3.05) is 0 Å². The molecule has 0 aromatic heterocycles. The highest BCUT2D eigenvalue weighted by molar-refractivity contribution is 5.96. The van der Waals surface area contributed by atoms with E-state index in [1.807, 2.05) is 0 Å².